The molecule has 0 saturated heterocycles. The molecule has 0 unspecified atom stereocenters. The van der Waals surface area contributed by atoms with Gasteiger partial charge in [-0.1, -0.05) is 73.5 Å². The zero-order valence-corrected chi connectivity index (χ0v) is 22.5. The Hall–Kier alpha value is -2.32. The normalized spacial score (nSPS) is 10.0. The number of aryl methyl sites for hydroxylation is 2. The summed E-state index contributed by atoms with van der Waals surface area (Å²) < 4.78 is 10.9. The minimum absolute atomic E-state index is 0. The molecule has 2 heterocycles. The average molecular weight is 555 g/mol. The Kier molecular flexibility index (Phi) is 9.55. The molecule has 0 atom stereocenters. The predicted octanol–water partition coefficient (Wildman–Crippen LogP) is 9.10. The first-order chi connectivity index (χ1) is 14.7. The first kappa shape index (κ1) is 26.9. The number of benzene rings is 2. The molecule has 0 radical (unpaired) electrons. The minimum atomic E-state index is 0. The maximum absolute atomic E-state index is 5.43. The Morgan fingerprint density at radius 1 is 0.545 bits per heavy atom. The molecule has 4 aromatic carbocycles. The third kappa shape index (κ3) is 5.27. The van der Waals surface area contributed by atoms with Crippen LogP contribution in [0.1, 0.15) is 11.1 Å². The average Bonchev–Trinajstić information content (AvgIpc) is 3.56. The summed E-state index contributed by atoms with van der Waals surface area (Å²) in [7, 11) is 0. The third-order valence-electron chi connectivity index (χ3n) is 5.71. The van der Waals surface area contributed by atoms with Crippen molar-refractivity contribution < 1.29 is 35.0 Å². The molecule has 6 aromatic rings. The maximum atomic E-state index is 5.43. The van der Waals surface area contributed by atoms with Crippen molar-refractivity contribution in [3.8, 4) is 22.6 Å². The molecule has 6 rings (SSSR count). The molecule has 0 N–H and O–H groups in total. The van der Waals surface area contributed by atoms with Crippen LogP contribution in [0.4, 0.5) is 0 Å². The fraction of sp³-hybridized carbons (Fsp3) is 0.0714. The van der Waals surface area contributed by atoms with Crippen LogP contribution in [0.5, 0.6) is 0 Å². The summed E-state index contributed by atoms with van der Waals surface area (Å²) in [6.45, 7) is 4.28. The predicted molar refractivity (Wildman–Crippen MR) is 138 cm³/mol. The fourth-order valence-electron chi connectivity index (χ4n) is 4.12. The number of halogens is 2. The number of fused-ring (bicyclic) bond motifs is 2. The number of hydrogen-bond acceptors (Lipinski definition) is 2. The Morgan fingerprint density at radius 2 is 0.939 bits per heavy atom. The Balaban J connectivity index is 0.000000214. The Bertz CT molecular complexity index is 1300. The van der Waals surface area contributed by atoms with Gasteiger partial charge in [-0.3, -0.25) is 0 Å². The molecule has 0 amide bonds. The standard InChI is InChI=1S/2C14H11O.2ClH.Zr/c2*1-10-12-6-3-2-5-11(12)9-13(10)14-7-4-8-15-14;;;/h2*2-9H,1H3;2*1H;/q2*-1;;;+2. The summed E-state index contributed by atoms with van der Waals surface area (Å²) in [5, 5.41) is 5.18. The number of rotatable bonds is 2. The monoisotopic (exact) mass is 552 g/mol. The van der Waals surface area contributed by atoms with E-state index in [1.165, 1.54) is 43.8 Å². The largest absolute Gasteiger partial charge is 2.00 e. The summed E-state index contributed by atoms with van der Waals surface area (Å²) in [6, 6.07) is 29.1. The molecule has 0 aliphatic carbocycles. The van der Waals surface area contributed by atoms with Gasteiger partial charge in [0.1, 0.15) is 0 Å². The van der Waals surface area contributed by atoms with Gasteiger partial charge >= 0.3 is 26.2 Å². The van der Waals surface area contributed by atoms with Gasteiger partial charge < -0.3 is 8.83 Å². The molecule has 33 heavy (non-hydrogen) atoms. The molecule has 0 bridgehead atoms. The molecule has 0 fully saturated rings. The summed E-state index contributed by atoms with van der Waals surface area (Å²) in [5.74, 6) is 1.90. The van der Waals surface area contributed by atoms with Crippen LogP contribution < -0.4 is 0 Å². The van der Waals surface area contributed by atoms with Gasteiger partial charge in [-0.05, 0) is 12.1 Å². The van der Waals surface area contributed by atoms with Crippen LogP contribution in [0.15, 0.2) is 106 Å². The third-order valence-corrected chi connectivity index (χ3v) is 5.71. The number of hydrogen-bond donors (Lipinski definition) is 0. The van der Waals surface area contributed by atoms with Gasteiger partial charge in [-0.25, -0.2) is 0 Å². The van der Waals surface area contributed by atoms with E-state index in [1.807, 2.05) is 24.3 Å². The van der Waals surface area contributed by atoms with Crippen molar-refractivity contribution in [2.45, 2.75) is 13.8 Å². The molecule has 5 heteroatoms. The molecular formula is C28H24Cl2O2Zr. The van der Waals surface area contributed by atoms with Crippen molar-refractivity contribution in [3.05, 3.63) is 109 Å². The molecule has 2 nitrogen and oxygen atoms in total. The smallest absolute Gasteiger partial charge is 0.499 e. The van der Waals surface area contributed by atoms with Gasteiger partial charge in [0, 0.05) is 0 Å². The molecule has 0 aliphatic rings. The van der Waals surface area contributed by atoms with Gasteiger partial charge in [0.25, 0.3) is 0 Å². The summed E-state index contributed by atoms with van der Waals surface area (Å²) in [5.41, 5.74) is 4.98. The number of furan rings is 2. The SMILES string of the molecule is C[c-]1c(-c2ccco2)cc2ccccc21.C[c-]1c(-c2ccco2)cc2ccccc21.Cl.Cl.[Zr+2]. The second kappa shape index (κ2) is 11.7. The van der Waals surface area contributed by atoms with E-state index >= 15 is 0 Å². The van der Waals surface area contributed by atoms with Crippen LogP contribution in [0.3, 0.4) is 0 Å². The second-order valence-electron chi connectivity index (χ2n) is 7.50. The molecule has 0 spiro atoms. The van der Waals surface area contributed by atoms with Crippen LogP contribution in [0.25, 0.3) is 44.2 Å². The molecule has 0 saturated carbocycles. The Labute approximate surface area is 225 Å². The van der Waals surface area contributed by atoms with E-state index in [4.69, 9.17) is 8.83 Å². The van der Waals surface area contributed by atoms with E-state index in [2.05, 4.69) is 74.5 Å². The summed E-state index contributed by atoms with van der Waals surface area (Å²) >= 11 is 0. The van der Waals surface area contributed by atoms with Gasteiger partial charge in [0.15, 0.2) is 0 Å². The second-order valence-corrected chi connectivity index (χ2v) is 7.50. The molecule has 166 valence electrons. The molecule has 0 aliphatic heterocycles. The van der Waals surface area contributed by atoms with Crippen molar-refractivity contribution in [3.63, 3.8) is 0 Å². The topological polar surface area (TPSA) is 26.3 Å². The quantitative estimate of drug-likeness (QED) is 0.200. The zero-order valence-electron chi connectivity index (χ0n) is 18.4. The molecule has 2 aromatic heterocycles. The van der Waals surface area contributed by atoms with Crippen molar-refractivity contribution in [2.75, 3.05) is 0 Å². The van der Waals surface area contributed by atoms with E-state index in [0.29, 0.717) is 0 Å². The zero-order chi connectivity index (χ0) is 20.5. The fourth-order valence-corrected chi connectivity index (χ4v) is 4.12. The van der Waals surface area contributed by atoms with Crippen molar-refractivity contribution in [1.29, 1.82) is 0 Å². The van der Waals surface area contributed by atoms with E-state index in [-0.39, 0.29) is 51.0 Å². The van der Waals surface area contributed by atoms with E-state index in [9.17, 15) is 0 Å². The van der Waals surface area contributed by atoms with Gasteiger partial charge in [-0.2, -0.15) is 0 Å². The molecular weight excluding hydrogens is 530 g/mol. The van der Waals surface area contributed by atoms with Crippen LogP contribution >= 0.6 is 24.8 Å². The first-order valence-electron chi connectivity index (χ1n) is 10.1. The summed E-state index contributed by atoms with van der Waals surface area (Å²) in [4.78, 5) is 0. The van der Waals surface area contributed by atoms with Crippen molar-refractivity contribution in [2.24, 2.45) is 0 Å². The van der Waals surface area contributed by atoms with Crippen LogP contribution in [-0.2, 0) is 26.2 Å². The maximum Gasteiger partial charge on any atom is 2.00 e. The van der Waals surface area contributed by atoms with Gasteiger partial charge in [-0.15, -0.1) is 81.8 Å². The van der Waals surface area contributed by atoms with Crippen LogP contribution in [0.2, 0.25) is 0 Å². The van der Waals surface area contributed by atoms with Crippen LogP contribution in [0, 0.1) is 13.8 Å². The van der Waals surface area contributed by atoms with Crippen molar-refractivity contribution >= 4 is 46.4 Å². The van der Waals surface area contributed by atoms with Gasteiger partial charge in [0.2, 0.25) is 0 Å². The summed E-state index contributed by atoms with van der Waals surface area (Å²) in [6.07, 6.45) is 3.43. The van der Waals surface area contributed by atoms with E-state index in [1.54, 1.807) is 12.5 Å². The Morgan fingerprint density at radius 3 is 1.27 bits per heavy atom. The minimum Gasteiger partial charge on any atom is -0.499 e. The van der Waals surface area contributed by atoms with Crippen molar-refractivity contribution in [1.82, 2.24) is 0 Å². The van der Waals surface area contributed by atoms with Gasteiger partial charge in [0.05, 0.1) is 24.0 Å². The van der Waals surface area contributed by atoms with Crippen LogP contribution in [-0.4, -0.2) is 0 Å². The first-order valence-corrected chi connectivity index (χ1v) is 10.1. The van der Waals surface area contributed by atoms with E-state index < -0.39 is 0 Å². The van der Waals surface area contributed by atoms with E-state index in [0.717, 1.165) is 11.5 Å².